The van der Waals surface area contributed by atoms with Crippen LogP contribution in [-0.2, 0) is 9.60 Å². The second-order valence-corrected chi connectivity index (χ2v) is 53.3. The summed E-state index contributed by atoms with van der Waals surface area (Å²) in [4.78, 5) is 13.7. The molecule has 0 saturated carbocycles. The summed E-state index contributed by atoms with van der Waals surface area (Å²) in [5, 5.41) is 55.5. The Morgan fingerprint density at radius 1 is 0.362 bits per heavy atom. The summed E-state index contributed by atoms with van der Waals surface area (Å²) in [5.41, 5.74) is 6.96. The summed E-state index contributed by atoms with van der Waals surface area (Å²) in [6, 6.07) is 82.7. The van der Waals surface area contributed by atoms with Crippen molar-refractivity contribution in [1.82, 2.24) is 0 Å². The number of nitriles is 2. The zero-order valence-electron chi connectivity index (χ0n) is 48.7. The molecule has 0 atom stereocenters. The summed E-state index contributed by atoms with van der Waals surface area (Å²) < 4.78 is 1.59. The van der Waals surface area contributed by atoms with Crippen molar-refractivity contribution in [3.63, 3.8) is 0 Å². The molecule has 457 valence electrons. The molecule has 14 aromatic rings. The number of halogens is 9. The van der Waals surface area contributed by atoms with Crippen LogP contribution in [0.15, 0.2) is 246 Å². The molecule has 0 heterocycles. The Kier molecular flexibility index (Phi) is 23.4. The molecule has 0 aromatic heterocycles. The molecule has 94 heavy (non-hydrogen) atoms. The predicted molar refractivity (Wildman–Crippen MR) is 402 cm³/mol. The number of fused-ring (bicyclic) bond motifs is 13. The zero-order chi connectivity index (χ0) is 67.3. The molecule has 0 aliphatic heterocycles. The van der Waals surface area contributed by atoms with Crippen LogP contribution in [0.4, 0.5) is 22.7 Å². The van der Waals surface area contributed by atoms with E-state index in [1.54, 1.807) is 18.2 Å². The first-order valence-corrected chi connectivity index (χ1v) is 43.5. The van der Waals surface area contributed by atoms with Crippen LogP contribution in [0.25, 0.3) is 128 Å². The van der Waals surface area contributed by atoms with E-state index in [4.69, 9.17) is 107 Å². The molecule has 0 aliphatic rings. The molecule has 0 bridgehead atoms. The van der Waals surface area contributed by atoms with Gasteiger partial charge in [-0.15, -0.1) is 23.2 Å². The first kappa shape index (κ1) is 70.1. The van der Waals surface area contributed by atoms with Crippen LogP contribution in [-0.4, -0.2) is 22.5 Å². The Morgan fingerprint density at radius 2 is 0.681 bits per heavy atom. The van der Waals surface area contributed by atoms with Gasteiger partial charge in [0.25, 0.3) is 0 Å². The number of rotatable bonds is 3. The Labute approximate surface area is 590 Å². The quantitative estimate of drug-likeness (QED) is 0.0795. The third-order valence-electron chi connectivity index (χ3n) is 15.0. The molecule has 8 nitrogen and oxygen atoms in total. The first-order chi connectivity index (χ1) is 45.2. The Bertz CT molecular complexity index is 5240. The van der Waals surface area contributed by atoms with Gasteiger partial charge in [-0.05, 0) is 138 Å². The van der Waals surface area contributed by atoms with E-state index in [-0.39, 0.29) is 5.34 Å². The predicted octanol–water partition coefficient (Wildman–Crippen LogP) is 25.3. The van der Waals surface area contributed by atoms with Crippen molar-refractivity contribution in [2.24, 2.45) is 0 Å². The normalized spacial score (nSPS) is 10.9. The van der Waals surface area contributed by atoms with E-state index in [1.165, 1.54) is 21.5 Å². The molecule has 0 aliphatic carbocycles. The molecule has 0 saturated heterocycles. The van der Waals surface area contributed by atoms with E-state index < -0.39 is 16.7 Å². The van der Waals surface area contributed by atoms with E-state index in [9.17, 15) is 10.5 Å². The van der Waals surface area contributed by atoms with Gasteiger partial charge in [0.1, 0.15) is 0 Å². The first-order valence-electron chi connectivity index (χ1n) is 27.9. The van der Waals surface area contributed by atoms with Crippen LogP contribution in [0.5, 0.6) is 0 Å². The van der Waals surface area contributed by atoms with E-state index in [2.05, 4.69) is 173 Å². The molecule has 14 rings (SSSR count). The third kappa shape index (κ3) is 16.4. The number of hydrogen-bond acceptors (Lipinski definition) is 4. The van der Waals surface area contributed by atoms with E-state index in [0.29, 0.717) is 39.3 Å². The Hall–Kier alpha value is -8.24. The van der Waals surface area contributed by atoms with Gasteiger partial charge < -0.3 is 10.0 Å². The molecular weight excluding hydrogens is 1530 g/mol. The van der Waals surface area contributed by atoms with Gasteiger partial charge in [0.15, 0.2) is 11.4 Å². The topological polar surface area (TPSA) is 105 Å². The van der Waals surface area contributed by atoms with Crippen molar-refractivity contribution in [2.45, 2.75) is 0 Å². The van der Waals surface area contributed by atoms with Crippen LogP contribution in [0, 0.1) is 49.0 Å². The maximum atomic E-state index is 9.69. The summed E-state index contributed by atoms with van der Waals surface area (Å²) in [5.74, 6) is 0. The van der Waals surface area contributed by atoms with Gasteiger partial charge in [-0.3, -0.25) is 9.69 Å². The van der Waals surface area contributed by atoms with Crippen LogP contribution in [0.1, 0.15) is 11.1 Å². The average molecular weight is 1570 g/mol. The van der Waals surface area contributed by atoms with Gasteiger partial charge in [0.05, 0.1) is 54.9 Å². The fraction of sp³-hybridized carbons (Fsp3) is 0.0133. The van der Waals surface area contributed by atoms with E-state index >= 15 is 0 Å². The Morgan fingerprint density at radius 3 is 1.09 bits per heavy atom. The van der Waals surface area contributed by atoms with Crippen molar-refractivity contribution in [3.05, 3.63) is 302 Å². The van der Waals surface area contributed by atoms with E-state index in [1.807, 2.05) is 109 Å². The number of benzene rings is 14. The average Bonchev–Trinajstić information content (AvgIpc) is 0.718. The van der Waals surface area contributed by atoms with Crippen LogP contribution < -0.4 is 5.46 Å². The van der Waals surface area contributed by atoms with Gasteiger partial charge in [-0.1, -0.05) is 244 Å². The van der Waals surface area contributed by atoms with Gasteiger partial charge in [-0.25, -0.2) is 9.69 Å². The van der Waals surface area contributed by atoms with Crippen molar-refractivity contribution in [1.29, 1.82) is 10.5 Å². The second-order valence-electron chi connectivity index (χ2n) is 20.4. The van der Waals surface area contributed by atoms with Crippen LogP contribution in [0.2, 0.25) is 0 Å². The Balaban J connectivity index is 0.000000151. The van der Waals surface area contributed by atoms with Crippen molar-refractivity contribution in [2.75, 3.05) is 5.34 Å². The van der Waals surface area contributed by atoms with Gasteiger partial charge >= 0.3 is 63.8 Å². The van der Waals surface area contributed by atoms with Gasteiger partial charge in [-0.2, -0.15) is 10.5 Å². The van der Waals surface area contributed by atoms with E-state index in [0.717, 1.165) is 95.8 Å². The summed E-state index contributed by atoms with van der Waals surface area (Å²) in [6.07, 6.45) is 0. The van der Waals surface area contributed by atoms with Crippen LogP contribution in [0.3, 0.4) is 0 Å². The fourth-order valence-corrected chi connectivity index (χ4v) is 11.7. The molecule has 14 aromatic carbocycles. The molecule has 2 N–H and O–H groups in total. The zero-order valence-corrected chi connectivity index (χ0v) is 59.2. The van der Waals surface area contributed by atoms with Gasteiger partial charge in [0.2, 0.25) is 11.4 Å². The third-order valence-corrected chi connectivity index (χ3v) is 16.8. The fourth-order valence-electron chi connectivity index (χ4n) is 11.1. The molecule has 0 spiro atoms. The molecule has 0 unspecified atom stereocenters. The van der Waals surface area contributed by atoms with Crippen molar-refractivity contribution in [3.8, 4) is 34.4 Å². The van der Waals surface area contributed by atoms with Crippen molar-refractivity contribution < 1.29 is 19.7 Å². The molecule has 0 amide bonds. The molecule has 0 fully saturated rings. The molecular formula is C75H43BBr2Cl7MoN6O2. The van der Waals surface area contributed by atoms with Gasteiger partial charge in [0, 0.05) is 8.95 Å². The van der Waals surface area contributed by atoms with Crippen molar-refractivity contribution >= 4 is 224 Å². The molecule has 19 heteroatoms. The summed E-state index contributed by atoms with van der Waals surface area (Å²) in [6.45, 7) is 28.8. The standard InChI is InChI=1S/C28H14N2.C28H16N2.C10H9BO2.C8H2Br2N2.CH2Cl2.5ClH.Mo/c1-30-26-15-25-24(14-19(26)16-29)27-20-8-4-2-6-17(20)10-12-22(27)23-13-11-18-7-3-5-9-21(18)28(23)25;1-30-28-17-27(25-15-7-11-20-9-3-5-13-23(20)25)26(16-21(28)18-29)24-14-6-10-19-8-2-4-12-22(19)24;12-11(13)10-7-3-5-8-4-1-2-6-9(8)10;1-11-7-3-5(9)6(10)4-8(7)12-2;2-1-3;;;;;;/h2-15H;2-17H;1-7,12-13H;3-4H;1H2;5*1H;/q;;;;;;;;;;+5/p-5. The summed E-state index contributed by atoms with van der Waals surface area (Å²) >= 11 is 16.0. The number of nitrogens with zero attached hydrogens (tertiary/aromatic N) is 6. The minimum absolute atomic E-state index is 0.194. The monoisotopic (exact) mass is 1570 g/mol. The minimum atomic E-state index is -4.26. The maximum absolute atomic E-state index is 9.69. The molecule has 0 radical (unpaired) electrons. The number of hydrogen-bond donors (Lipinski definition) is 2. The second kappa shape index (κ2) is 31.3. The summed E-state index contributed by atoms with van der Waals surface area (Å²) in [7, 11) is 19.6. The number of alkyl halides is 2. The SMILES string of the molecule is ClCCl.OB(O)c1cccc2ccccc12.[C-]#[N+]c1cc(-c2cccc3ccccc23)c(-c2cccc3ccccc23)cc1C#N.[C-]#[N+]c1cc(Br)c(Br)cc1[N+]#[C-].[C-]#[N+]c1cc2c(cc1C#N)c1c3ccccc3ccc1c1ccc3ccccc3c12.[Cl][Mo]([Cl])([Cl])([Cl])[Cl]. The van der Waals surface area contributed by atoms with Crippen LogP contribution >= 0.6 is 102 Å².